The topological polar surface area (TPSA) is 296 Å². The average molecular weight is 1590 g/mol. The smallest absolute Gasteiger partial charge is 0.781 e. The monoisotopic (exact) mass is 1590 g/mol. The van der Waals surface area contributed by atoms with Crippen LogP contribution >= 0.6 is 49.5 Å². The molecule has 6 unspecified atom stereocenters. The minimum absolute atomic E-state index is 0. The van der Waals surface area contributed by atoms with Crippen LogP contribution in [0.1, 0.15) is 427 Å². The molecule has 6 atom stereocenters. The summed E-state index contributed by atoms with van der Waals surface area (Å²) in [5.74, 6) is 0. The molecule has 0 bridgehead atoms. The second-order valence-corrected chi connectivity index (χ2v) is 30.4. The number of hydrogen-bond acceptors (Lipinski definition) is 18. The van der Waals surface area contributed by atoms with Gasteiger partial charge in [-0.1, -0.05) is 388 Å². The molecule has 0 amide bonds. The Balaban J connectivity index is -0.000000200. The van der Waals surface area contributed by atoms with E-state index < -0.39 is 49.5 Å². The van der Waals surface area contributed by atoms with Gasteiger partial charge in [0.25, 0.3) is 0 Å². The van der Waals surface area contributed by atoms with E-state index in [1.54, 1.807) is 0 Å². The van der Waals surface area contributed by atoms with E-state index in [1.807, 2.05) is 0 Å². The molecule has 0 heterocycles. The van der Waals surface area contributed by atoms with Gasteiger partial charge in [0.15, 0.2) is 0 Å². The van der Waals surface area contributed by atoms with Gasteiger partial charge in [-0.15, -0.1) is 0 Å². The van der Waals surface area contributed by atoms with Gasteiger partial charge in [-0.2, -0.15) is 0 Å². The minimum atomic E-state index is -2.94. The average Bonchev–Trinajstić information content (AvgIpc) is 3.59. The van der Waals surface area contributed by atoms with Crippen molar-refractivity contribution >= 4 is 49.5 Å². The van der Waals surface area contributed by atoms with E-state index in [0.717, 1.165) is 77.0 Å². The molecule has 0 spiro atoms. The molecule has 0 radical (unpaired) electrons. The van der Waals surface area contributed by atoms with Crippen molar-refractivity contribution in [2.24, 2.45) is 0 Å². The molecular weight excluding hydrogens is 1430 g/mol. The Labute approximate surface area is 617 Å². The molecule has 0 saturated carbocycles. The Kier molecular flexibility index (Phi) is 125. The number of rotatable bonds is 72. The molecule has 0 aromatic heterocycles. The van der Waals surface area contributed by atoms with Crippen LogP contribution in [0.4, 0.5) is 0 Å². The van der Waals surface area contributed by atoms with E-state index in [2.05, 4.69) is 68.7 Å². The van der Waals surface area contributed by atoms with Crippen molar-refractivity contribution in [3.05, 3.63) is 0 Å². The first-order valence-electron chi connectivity index (χ1n) is 39.6. The van der Waals surface area contributed by atoms with E-state index in [-0.39, 0.29) is 21.1 Å². The van der Waals surface area contributed by atoms with Gasteiger partial charge in [0.1, 0.15) is 49.5 Å². The summed E-state index contributed by atoms with van der Waals surface area (Å²) in [5.41, 5.74) is 0. The van der Waals surface area contributed by atoms with E-state index in [4.69, 9.17) is 0 Å². The molecule has 97 heavy (non-hydrogen) atoms. The minimum Gasteiger partial charge on any atom is -0.781 e. The van der Waals surface area contributed by atoms with Gasteiger partial charge >= 0.3 is 21.1 Å². The van der Waals surface area contributed by atoms with Crippen molar-refractivity contribution in [2.45, 2.75) is 427 Å². The SMILES string of the molecule is CCCCCCCCCCCCO[PH](=O)[O-].CCCCCCCCCCCCO[PH](=O)[O-].CCCCCCCCCCCCO[PH](=O)[O-].CCCCCCCCCCCCO[PH](=O)[O-].CCCCCCCCCCCCO[PH](=O)[O-].CCCCCCCCCCCCO[PH](=O)[O-].[Mo+6]. The zero-order chi connectivity index (χ0) is 72.4. The van der Waals surface area contributed by atoms with Crippen molar-refractivity contribution in [3.8, 4) is 0 Å². The van der Waals surface area contributed by atoms with Gasteiger partial charge in [-0.05, 0) is 38.5 Å². The largest absolute Gasteiger partial charge is 6.00 e. The van der Waals surface area contributed by atoms with E-state index >= 15 is 0 Å². The van der Waals surface area contributed by atoms with Crippen LogP contribution in [0.15, 0.2) is 0 Å². The van der Waals surface area contributed by atoms with Crippen LogP contribution < -0.4 is 29.4 Å². The molecule has 0 fully saturated rings. The molecule has 588 valence electrons. The molecule has 0 saturated heterocycles. The van der Waals surface area contributed by atoms with E-state index in [9.17, 15) is 56.8 Å². The normalized spacial score (nSPS) is 12.7. The van der Waals surface area contributed by atoms with Crippen LogP contribution in [0.2, 0.25) is 0 Å². The van der Waals surface area contributed by atoms with Crippen LogP contribution in [0.5, 0.6) is 0 Å². The van der Waals surface area contributed by atoms with Gasteiger partial charge in [0.2, 0.25) is 0 Å². The third-order valence-electron chi connectivity index (χ3n) is 16.3. The fourth-order valence-electron chi connectivity index (χ4n) is 10.5. The first kappa shape index (κ1) is 112. The molecule has 18 nitrogen and oxygen atoms in total. The maximum atomic E-state index is 10.1. The van der Waals surface area contributed by atoms with E-state index in [1.165, 1.54) is 308 Å². The van der Waals surface area contributed by atoms with Crippen LogP contribution in [0.25, 0.3) is 0 Å². The zero-order valence-electron chi connectivity index (χ0n) is 63.4. The molecule has 0 aromatic rings. The summed E-state index contributed by atoms with van der Waals surface area (Å²) in [7, 11) is -17.7. The van der Waals surface area contributed by atoms with Crippen LogP contribution in [0, 0.1) is 0 Å². The maximum Gasteiger partial charge on any atom is 6.00 e. The molecule has 0 aliphatic carbocycles. The fourth-order valence-corrected chi connectivity index (χ4v) is 12.3. The molecular formula is C72H156MoO18P6. The molecule has 0 aliphatic heterocycles. The summed E-state index contributed by atoms with van der Waals surface area (Å²) in [4.78, 5) is 60.7. The summed E-state index contributed by atoms with van der Waals surface area (Å²) >= 11 is 0. The maximum absolute atomic E-state index is 10.1. The molecule has 0 aromatic carbocycles. The summed E-state index contributed by atoms with van der Waals surface area (Å²) in [6.45, 7) is 15.6. The van der Waals surface area contributed by atoms with Crippen molar-refractivity contribution in [1.82, 2.24) is 0 Å². The van der Waals surface area contributed by atoms with Gasteiger partial charge in [0, 0.05) is 0 Å². The second-order valence-electron chi connectivity index (χ2n) is 25.7. The molecule has 25 heteroatoms. The quantitative estimate of drug-likeness (QED) is 0.0310. The Morgan fingerprint density at radius 2 is 0.227 bits per heavy atom. The van der Waals surface area contributed by atoms with Crippen LogP contribution in [-0.4, -0.2) is 39.6 Å². The Morgan fingerprint density at radius 3 is 0.299 bits per heavy atom. The zero-order valence-corrected chi connectivity index (χ0v) is 71.4. The summed E-state index contributed by atoms with van der Waals surface area (Å²) in [6.07, 6.45) is 75.2. The Hall–Kier alpha value is 1.59. The summed E-state index contributed by atoms with van der Waals surface area (Å²) < 4.78 is 87.7. The molecule has 0 rings (SSSR count). The van der Waals surface area contributed by atoms with Gasteiger partial charge in [0.05, 0.1) is 39.6 Å². The third-order valence-corrected chi connectivity index (χ3v) is 18.9. The standard InChI is InChI=1S/6C12H27O3P.Mo/c6*1-2-3-4-5-6-7-8-9-10-11-12-15-16(13)14;/h6*16H,2-12H2,1H3,(H,13,14);/q;;;;;;+6/p-6. The van der Waals surface area contributed by atoms with Crippen molar-refractivity contribution in [3.63, 3.8) is 0 Å². The summed E-state index contributed by atoms with van der Waals surface area (Å²) in [6, 6.07) is 0. The first-order valence-corrected chi connectivity index (χ1v) is 47.0. The van der Waals surface area contributed by atoms with Crippen LogP contribution in [0.3, 0.4) is 0 Å². The van der Waals surface area contributed by atoms with Crippen molar-refractivity contribution in [1.29, 1.82) is 0 Å². The number of unbranched alkanes of at least 4 members (excludes halogenated alkanes) is 54. The van der Waals surface area contributed by atoms with E-state index in [0.29, 0.717) is 39.6 Å². The number of hydrogen-bond donors (Lipinski definition) is 0. The second kappa shape index (κ2) is 109. The fraction of sp³-hybridized carbons (Fsp3) is 1.00. The Bertz CT molecular complexity index is 1260. The summed E-state index contributed by atoms with van der Waals surface area (Å²) in [5, 5.41) is 0. The molecule has 0 N–H and O–H groups in total. The predicted molar refractivity (Wildman–Crippen MR) is 401 cm³/mol. The third kappa shape index (κ3) is 141. The van der Waals surface area contributed by atoms with Gasteiger partial charge < -0.3 is 83.9 Å². The predicted octanol–water partition coefficient (Wildman–Crippen LogP) is 22.0. The Morgan fingerprint density at radius 1 is 0.155 bits per heavy atom. The molecule has 0 aliphatic rings. The first-order chi connectivity index (χ1) is 46.6. The van der Waals surface area contributed by atoms with Gasteiger partial charge in [-0.3, -0.25) is 0 Å². The van der Waals surface area contributed by atoms with Gasteiger partial charge in [-0.25, -0.2) is 0 Å². The van der Waals surface area contributed by atoms with Crippen LogP contribution in [-0.2, 0) is 75.6 Å². The van der Waals surface area contributed by atoms with Crippen molar-refractivity contribution in [2.75, 3.05) is 39.6 Å². The van der Waals surface area contributed by atoms with Crippen molar-refractivity contribution < 1.29 is 105 Å².